The Morgan fingerprint density at radius 2 is 1.69 bits per heavy atom. The van der Waals surface area contributed by atoms with Gasteiger partial charge in [-0.1, -0.05) is 75.2 Å². The van der Waals surface area contributed by atoms with E-state index in [0.29, 0.717) is 11.3 Å². The third kappa shape index (κ3) is 3.33. The number of fused-ring (bicyclic) bond motifs is 1. The summed E-state index contributed by atoms with van der Waals surface area (Å²) in [6, 6.07) is 17.0. The fraction of sp³-hybridized carbons (Fsp3) is 0.455. The summed E-state index contributed by atoms with van der Waals surface area (Å²) in [5.41, 5.74) is 1.06. The Morgan fingerprint density at radius 3 is 2.35 bits per heavy atom. The van der Waals surface area contributed by atoms with Gasteiger partial charge in [0, 0.05) is 11.3 Å². The van der Waals surface area contributed by atoms with Gasteiger partial charge in [0.2, 0.25) is 0 Å². The second-order valence-corrected chi connectivity index (χ2v) is 9.41. The first-order valence-electron chi connectivity index (χ1n) is 9.50. The normalized spacial score (nSPS) is 27.5. The molecule has 1 aliphatic rings. The van der Waals surface area contributed by atoms with E-state index in [-0.39, 0.29) is 11.7 Å². The van der Waals surface area contributed by atoms with Crippen molar-refractivity contribution in [3.05, 3.63) is 65.7 Å². The molecule has 1 N–H and O–H groups in total. The van der Waals surface area contributed by atoms with Crippen molar-refractivity contribution < 1.29 is 13.5 Å². The molecule has 0 aromatic heterocycles. The summed E-state index contributed by atoms with van der Waals surface area (Å²) < 4.78 is 26.5. The standard InChI is InChI=1S/C22H28O3S/c1-3-5-15-22(4-2)16-26(24,25)19-14-10-9-13-18(19)20(21(22)23)17-11-7-6-8-12-17/h6-14,20-21,23H,3-5,15-16H2,1-2H3/t20-,21?,22-/m1/s1. The van der Waals surface area contributed by atoms with Crippen LogP contribution in [-0.4, -0.2) is 25.4 Å². The van der Waals surface area contributed by atoms with Crippen molar-refractivity contribution in [1.82, 2.24) is 0 Å². The first kappa shape index (κ1) is 19.1. The van der Waals surface area contributed by atoms with Gasteiger partial charge in [-0.05, 0) is 30.0 Å². The average Bonchev–Trinajstić information content (AvgIpc) is 2.73. The number of hydrogen-bond donors (Lipinski definition) is 1. The van der Waals surface area contributed by atoms with E-state index in [0.717, 1.165) is 30.4 Å². The largest absolute Gasteiger partial charge is 0.392 e. The lowest BCUT2D eigenvalue weighted by atomic mass is 9.69. The highest BCUT2D eigenvalue weighted by Crippen LogP contribution is 2.48. The maximum absolute atomic E-state index is 13.2. The van der Waals surface area contributed by atoms with E-state index in [2.05, 4.69) is 6.92 Å². The second kappa shape index (κ2) is 7.53. The lowest BCUT2D eigenvalue weighted by Crippen LogP contribution is -2.42. The predicted octanol–water partition coefficient (Wildman–Crippen LogP) is 4.55. The van der Waals surface area contributed by atoms with Gasteiger partial charge in [0.05, 0.1) is 16.8 Å². The molecule has 0 aliphatic carbocycles. The van der Waals surface area contributed by atoms with Crippen molar-refractivity contribution in [3.8, 4) is 0 Å². The van der Waals surface area contributed by atoms with E-state index in [4.69, 9.17) is 0 Å². The Balaban J connectivity index is 2.25. The Hall–Kier alpha value is -1.65. The number of unbranched alkanes of at least 4 members (excludes halogenated alkanes) is 1. The maximum atomic E-state index is 13.2. The molecular weight excluding hydrogens is 344 g/mol. The Labute approximate surface area is 157 Å². The van der Waals surface area contributed by atoms with Gasteiger partial charge in [-0.15, -0.1) is 0 Å². The third-order valence-corrected chi connectivity index (χ3v) is 7.90. The molecule has 3 nitrogen and oxygen atoms in total. The molecule has 1 aliphatic heterocycles. The van der Waals surface area contributed by atoms with Crippen LogP contribution in [-0.2, 0) is 9.84 Å². The van der Waals surface area contributed by atoms with Gasteiger partial charge >= 0.3 is 0 Å². The van der Waals surface area contributed by atoms with Crippen LogP contribution in [0.1, 0.15) is 56.6 Å². The van der Waals surface area contributed by atoms with E-state index >= 15 is 0 Å². The smallest absolute Gasteiger partial charge is 0.179 e. The van der Waals surface area contributed by atoms with Crippen LogP contribution >= 0.6 is 0 Å². The molecule has 26 heavy (non-hydrogen) atoms. The summed E-state index contributed by atoms with van der Waals surface area (Å²) >= 11 is 0. The van der Waals surface area contributed by atoms with Crippen molar-refractivity contribution in [3.63, 3.8) is 0 Å². The van der Waals surface area contributed by atoms with Gasteiger partial charge in [-0.2, -0.15) is 0 Å². The molecular formula is C22H28O3S. The number of rotatable bonds is 5. The van der Waals surface area contributed by atoms with Gasteiger partial charge < -0.3 is 5.11 Å². The van der Waals surface area contributed by atoms with Crippen LogP contribution in [0.3, 0.4) is 0 Å². The molecule has 4 heteroatoms. The summed E-state index contributed by atoms with van der Waals surface area (Å²) in [6.07, 6.45) is 2.53. The highest BCUT2D eigenvalue weighted by atomic mass is 32.2. The maximum Gasteiger partial charge on any atom is 0.179 e. The predicted molar refractivity (Wildman–Crippen MR) is 105 cm³/mol. The molecule has 0 spiro atoms. The minimum absolute atomic E-state index is 0.0119. The van der Waals surface area contributed by atoms with Crippen LogP contribution in [0.2, 0.25) is 0 Å². The SMILES string of the molecule is CCCC[C@]1(CC)CS(=O)(=O)c2ccccc2[C@@H](c2ccccc2)C1O. The zero-order valence-electron chi connectivity index (χ0n) is 15.6. The zero-order chi connectivity index (χ0) is 18.8. The van der Waals surface area contributed by atoms with Gasteiger partial charge in [0.25, 0.3) is 0 Å². The quantitative estimate of drug-likeness (QED) is 0.837. The van der Waals surface area contributed by atoms with Gasteiger partial charge in [0.15, 0.2) is 9.84 Å². The average molecular weight is 373 g/mol. The number of hydrogen-bond acceptors (Lipinski definition) is 3. The Bertz CT molecular complexity index is 845. The monoisotopic (exact) mass is 372 g/mol. The number of benzene rings is 2. The van der Waals surface area contributed by atoms with Crippen molar-refractivity contribution in [2.45, 2.75) is 56.4 Å². The van der Waals surface area contributed by atoms with E-state index in [1.807, 2.05) is 49.4 Å². The van der Waals surface area contributed by atoms with Crippen molar-refractivity contribution in [2.24, 2.45) is 5.41 Å². The first-order valence-corrected chi connectivity index (χ1v) is 11.1. The van der Waals surface area contributed by atoms with E-state index < -0.39 is 21.4 Å². The van der Waals surface area contributed by atoms with Crippen LogP contribution in [0.4, 0.5) is 0 Å². The summed E-state index contributed by atoms with van der Waals surface area (Å²) in [5, 5.41) is 11.6. The van der Waals surface area contributed by atoms with Crippen molar-refractivity contribution >= 4 is 9.84 Å². The fourth-order valence-electron chi connectivity index (χ4n) is 4.34. The van der Waals surface area contributed by atoms with Crippen molar-refractivity contribution in [1.29, 1.82) is 0 Å². The minimum Gasteiger partial charge on any atom is -0.392 e. The highest BCUT2D eigenvalue weighted by molar-refractivity contribution is 7.91. The number of sulfone groups is 1. The molecule has 2 aromatic rings. The van der Waals surface area contributed by atoms with Gasteiger partial charge in [-0.25, -0.2) is 8.42 Å². The minimum atomic E-state index is -3.46. The van der Waals surface area contributed by atoms with E-state index in [1.54, 1.807) is 12.1 Å². The number of aliphatic hydroxyl groups excluding tert-OH is 1. The van der Waals surface area contributed by atoms with Crippen LogP contribution in [0.15, 0.2) is 59.5 Å². The molecule has 0 amide bonds. The molecule has 140 valence electrons. The lowest BCUT2D eigenvalue weighted by molar-refractivity contribution is 0.0174. The van der Waals surface area contributed by atoms with Crippen molar-refractivity contribution in [2.75, 3.05) is 5.75 Å². The Kier molecular flexibility index (Phi) is 5.54. The van der Waals surface area contributed by atoms with E-state index in [1.165, 1.54) is 0 Å². The lowest BCUT2D eigenvalue weighted by Gasteiger charge is -2.39. The van der Waals surface area contributed by atoms with Crippen LogP contribution in [0.25, 0.3) is 0 Å². The molecule has 3 rings (SSSR count). The molecule has 0 bridgehead atoms. The first-order chi connectivity index (χ1) is 12.4. The van der Waals surface area contributed by atoms with Crippen LogP contribution in [0.5, 0.6) is 0 Å². The summed E-state index contributed by atoms with van der Waals surface area (Å²) in [5.74, 6) is -0.320. The third-order valence-electron chi connectivity index (χ3n) is 5.90. The topological polar surface area (TPSA) is 54.4 Å². The van der Waals surface area contributed by atoms with Gasteiger partial charge in [0.1, 0.15) is 0 Å². The summed E-state index contributed by atoms with van der Waals surface area (Å²) in [6.45, 7) is 4.11. The highest BCUT2D eigenvalue weighted by Gasteiger charge is 2.48. The Morgan fingerprint density at radius 1 is 1.04 bits per heavy atom. The van der Waals surface area contributed by atoms with Crippen LogP contribution < -0.4 is 0 Å². The molecule has 0 radical (unpaired) electrons. The van der Waals surface area contributed by atoms with Gasteiger partial charge in [-0.3, -0.25) is 0 Å². The molecule has 0 saturated carbocycles. The zero-order valence-corrected chi connectivity index (χ0v) is 16.4. The van der Waals surface area contributed by atoms with E-state index in [9.17, 15) is 13.5 Å². The molecule has 1 heterocycles. The molecule has 2 aromatic carbocycles. The number of aliphatic hydroxyl groups is 1. The molecule has 1 unspecified atom stereocenters. The van der Waals surface area contributed by atoms with Crippen LogP contribution in [0, 0.1) is 5.41 Å². The molecule has 3 atom stereocenters. The summed E-state index contributed by atoms with van der Waals surface area (Å²) in [4.78, 5) is 0.375. The summed E-state index contributed by atoms with van der Waals surface area (Å²) in [7, 11) is -3.46. The second-order valence-electron chi connectivity index (χ2n) is 7.45. The molecule has 0 fully saturated rings. The molecule has 0 saturated heterocycles. The fourth-order valence-corrected chi connectivity index (χ4v) is 6.62.